The number of rotatable bonds is 8. The molecule has 0 aliphatic heterocycles. The third-order valence-corrected chi connectivity index (χ3v) is 3.14. The monoisotopic (exact) mass is 316 g/mol. The quantitative estimate of drug-likeness (QED) is 0.741. The van der Waals surface area contributed by atoms with Gasteiger partial charge in [0.05, 0.1) is 18.0 Å². The molecule has 0 fully saturated rings. The molecule has 4 nitrogen and oxygen atoms in total. The third-order valence-electron chi connectivity index (χ3n) is 2.94. The molecule has 1 aromatic rings. The van der Waals surface area contributed by atoms with E-state index in [1.54, 1.807) is 0 Å². The van der Waals surface area contributed by atoms with Gasteiger partial charge in [-0.2, -0.15) is 0 Å². The van der Waals surface area contributed by atoms with Crippen molar-refractivity contribution < 1.29 is 18.3 Å². The normalized spacial score (nSPS) is 10.4. The van der Waals surface area contributed by atoms with Crippen molar-refractivity contribution in [3.63, 3.8) is 0 Å². The zero-order chi connectivity index (χ0) is 15.8. The molecule has 0 aromatic heterocycles. The number of benzene rings is 1. The topological polar surface area (TPSA) is 55.6 Å². The SMILES string of the molecule is COCCN(CCC(N)=S)C(=O)Cc1c(F)cccc1F. The number of carbonyl (C=O) groups is 1. The number of methoxy groups -OCH3 is 1. The van der Waals surface area contributed by atoms with Crippen molar-refractivity contribution in [1.82, 2.24) is 4.90 Å². The van der Waals surface area contributed by atoms with Gasteiger partial charge in [-0.1, -0.05) is 18.3 Å². The lowest BCUT2D eigenvalue weighted by atomic mass is 10.1. The van der Waals surface area contributed by atoms with E-state index in [0.29, 0.717) is 26.1 Å². The first-order chi connectivity index (χ1) is 9.95. The summed E-state index contributed by atoms with van der Waals surface area (Å²) in [6.45, 7) is 0.935. The molecule has 1 rings (SSSR count). The van der Waals surface area contributed by atoms with Crippen molar-refractivity contribution in [3.05, 3.63) is 35.4 Å². The number of halogens is 2. The summed E-state index contributed by atoms with van der Waals surface area (Å²) in [6.07, 6.45) is 0.00406. The number of hydrogen-bond donors (Lipinski definition) is 1. The van der Waals surface area contributed by atoms with Crippen LogP contribution in [0.2, 0.25) is 0 Å². The van der Waals surface area contributed by atoms with Crippen molar-refractivity contribution in [2.45, 2.75) is 12.8 Å². The van der Waals surface area contributed by atoms with Crippen LogP contribution in [-0.4, -0.2) is 42.6 Å². The number of hydrogen-bond acceptors (Lipinski definition) is 3. The lowest BCUT2D eigenvalue weighted by Gasteiger charge is -2.22. The predicted molar refractivity (Wildman–Crippen MR) is 79.9 cm³/mol. The van der Waals surface area contributed by atoms with Gasteiger partial charge >= 0.3 is 0 Å². The Kier molecular flexibility index (Phi) is 7.18. The Labute approximate surface area is 127 Å². The summed E-state index contributed by atoms with van der Waals surface area (Å²) in [5.41, 5.74) is 5.18. The number of thiocarbonyl (C=S) groups is 1. The van der Waals surface area contributed by atoms with Crippen LogP contribution in [0.25, 0.3) is 0 Å². The Morgan fingerprint density at radius 1 is 1.33 bits per heavy atom. The molecule has 1 amide bonds. The van der Waals surface area contributed by atoms with Gasteiger partial charge in [-0.05, 0) is 12.1 Å². The van der Waals surface area contributed by atoms with Gasteiger partial charge in [0.25, 0.3) is 0 Å². The van der Waals surface area contributed by atoms with Crippen molar-refractivity contribution in [2.75, 3.05) is 26.8 Å². The number of carbonyl (C=O) groups excluding carboxylic acids is 1. The minimum absolute atomic E-state index is 0.236. The number of ether oxygens (including phenoxy) is 1. The Hall–Kier alpha value is -1.60. The van der Waals surface area contributed by atoms with Gasteiger partial charge in [0, 0.05) is 32.2 Å². The first kappa shape index (κ1) is 17.5. The molecule has 0 radical (unpaired) electrons. The van der Waals surface area contributed by atoms with Crippen LogP contribution in [0.3, 0.4) is 0 Å². The maximum Gasteiger partial charge on any atom is 0.227 e. The average molecular weight is 316 g/mol. The van der Waals surface area contributed by atoms with Gasteiger partial charge < -0.3 is 15.4 Å². The molecular weight excluding hydrogens is 298 g/mol. The van der Waals surface area contributed by atoms with E-state index >= 15 is 0 Å². The molecule has 0 saturated carbocycles. The van der Waals surface area contributed by atoms with E-state index in [2.05, 4.69) is 0 Å². The maximum absolute atomic E-state index is 13.6. The molecule has 0 spiro atoms. The van der Waals surface area contributed by atoms with Gasteiger partial charge in [-0.25, -0.2) is 8.78 Å². The lowest BCUT2D eigenvalue weighted by Crippen LogP contribution is -2.37. The van der Waals surface area contributed by atoms with Crippen molar-refractivity contribution in [1.29, 1.82) is 0 Å². The van der Waals surface area contributed by atoms with E-state index in [1.807, 2.05) is 0 Å². The summed E-state index contributed by atoms with van der Waals surface area (Å²) < 4.78 is 32.0. The number of nitrogens with two attached hydrogens (primary N) is 1. The zero-order valence-electron chi connectivity index (χ0n) is 11.8. The Morgan fingerprint density at radius 3 is 2.48 bits per heavy atom. The van der Waals surface area contributed by atoms with Gasteiger partial charge in [-0.3, -0.25) is 4.79 Å². The highest BCUT2D eigenvalue weighted by Gasteiger charge is 2.18. The Bertz CT molecular complexity index is 491. The number of nitrogens with zero attached hydrogens (tertiary/aromatic N) is 1. The van der Waals surface area contributed by atoms with Crippen molar-refractivity contribution >= 4 is 23.1 Å². The second-order valence-electron chi connectivity index (χ2n) is 4.47. The van der Waals surface area contributed by atoms with Crippen LogP contribution in [0.15, 0.2) is 18.2 Å². The highest BCUT2D eigenvalue weighted by Crippen LogP contribution is 2.14. The van der Waals surface area contributed by atoms with E-state index in [0.717, 1.165) is 12.1 Å². The van der Waals surface area contributed by atoms with Crippen LogP contribution >= 0.6 is 12.2 Å². The average Bonchev–Trinajstić information content (AvgIpc) is 2.42. The fourth-order valence-corrected chi connectivity index (χ4v) is 1.86. The van der Waals surface area contributed by atoms with Crippen LogP contribution in [0.5, 0.6) is 0 Å². The molecule has 1 aromatic carbocycles. The van der Waals surface area contributed by atoms with E-state index in [1.165, 1.54) is 18.1 Å². The van der Waals surface area contributed by atoms with Crippen molar-refractivity contribution in [3.8, 4) is 0 Å². The molecule has 116 valence electrons. The first-order valence-corrected chi connectivity index (χ1v) is 6.84. The summed E-state index contributed by atoms with van der Waals surface area (Å²) in [5, 5.41) is 0. The Balaban J connectivity index is 2.77. The fraction of sp³-hybridized carbons (Fsp3) is 0.429. The minimum Gasteiger partial charge on any atom is -0.393 e. The molecule has 21 heavy (non-hydrogen) atoms. The van der Waals surface area contributed by atoms with Crippen LogP contribution < -0.4 is 5.73 Å². The van der Waals surface area contributed by atoms with E-state index in [-0.39, 0.29) is 17.0 Å². The molecule has 0 aliphatic carbocycles. The third kappa shape index (κ3) is 5.73. The largest absolute Gasteiger partial charge is 0.393 e. The second kappa shape index (κ2) is 8.63. The molecular formula is C14H18F2N2O2S. The molecule has 7 heteroatoms. The van der Waals surface area contributed by atoms with Gasteiger partial charge in [0.15, 0.2) is 0 Å². The van der Waals surface area contributed by atoms with E-state index in [4.69, 9.17) is 22.7 Å². The summed E-state index contributed by atoms with van der Waals surface area (Å²) in [4.78, 5) is 13.9. The molecule has 0 bridgehead atoms. The van der Waals surface area contributed by atoms with E-state index < -0.39 is 17.5 Å². The summed E-state index contributed by atoms with van der Waals surface area (Å²) in [6, 6.07) is 3.51. The first-order valence-electron chi connectivity index (χ1n) is 6.43. The van der Waals surface area contributed by atoms with Crippen LogP contribution in [0.1, 0.15) is 12.0 Å². The predicted octanol–water partition coefficient (Wildman–Crippen LogP) is 1.66. The highest BCUT2D eigenvalue weighted by atomic mass is 32.1. The van der Waals surface area contributed by atoms with Crippen LogP contribution in [0.4, 0.5) is 8.78 Å². The van der Waals surface area contributed by atoms with Gasteiger partial charge in [0.2, 0.25) is 5.91 Å². The molecule has 0 saturated heterocycles. The lowest BCUT2D eigenvalue weighted by molar-refractivity contribution is -0.131. The molecule has 0 aliphatic rings. The smallest absolute Gasteiger partial charge is 0.227 e. The second-order valence-corrected chi connectivity index (χ2v) is 4.99. The van der Waals surface area contributed by atoms with Gasteiger partial charge in [0.1, 0.15) is 11.6 Å². The molecule has 0 unspecified atom stereocenters. The van der Waals surface area contributed by atoms with E-state index in [9.17, 15) is 13.6 Å². The maximum atomic E-state index is 13.6. The minimum atomic E-state index is -0.732. The number of amides is 1. The summed E-state index contributed by atoms with van der Waals surface area (Å²) >= 11 is 4.77. The van der Waals surface area contributed by atoms with Gasteiger partial charge in [-0.15, -0.1) is 0 Å². The highest BCUT2D eigenvalue weighted by molar-refractivity contribution is 7.80. The molecule has 0 heterocycles. The standard InChI is InChI=1S/C14H18F2N2O2S/c1-20-8-7-18(6-5-13(17)21)14(19)9-10-11(15)3-2-4-12(10)16/h2-4H,5-9H2,1H3,(H2,17,21). The van der Waals surface area contributed by atoms with Crippen LogP contribution in [0, 0.1) is 11.6 Å². The van der Waals surface area contributed by atoms with Crippen molar-refractivity contribution in [2.24, 2.45) is 5.73 Å². The summed E-state index contributed by atoms with van der Waals surface area (Å²) in [5.74, 6) is -1.86. The fourth-order valence-electron chi connectivity index (χ4n) is 1.77. The Morgan fingerprint density at radius 2 is 1.95 bits per heavy atom. The summed E-state index contributed by atoms with van der Waals surface area (Å²) in [7, 11) is 1.51. The molecule has 0 atom stereocenters. The molecule has 2 N–H and O–H groups in total. The van der Waals surface area contributed by atoms with Crippen LogP contribution in [-0.2, 0) is 16.0 Å². The zero-order valence-corrected chi connectivity index (χ0v) is 12.6.